The zero-order chi connectivity index (χ0) is 15.8. The van der Waals surface area contributed by atoms with Gasteiger partial charge in [-0.05, 0) is 6.42 Å². The van der Waals surface area contributed by atoms with Gasteiger partial charge in [0.25, 0.3) is 0 Å². The number of fused-ring (bicyclic) bond motifs is 3. The molecular formula is C21H26Cl2Hf. The number of benzene rings is 1. The second kappa shape index (κ2) is 12.9. The van der Waals surface area contributed by atoms with Crippen molar-refractivity contribution in [3.05, 3.63) is 65.8 Å². The van der Waals surface area contributed by atoms with Crippen molar-refractivity contribution in [2.24, 2.45) is 0 Å². The molecule has 128 valence electrons. The van der Waals surface area contributed by atoms with Gasteiger partial charge in [-0.15, -0.1) is 71.8 Å². The van der Waals surface area contributed by atoms with Crippen molar-refractivity contribution in [2.45, 2.75) is 46.0 Å². The molecular weight excluding hydrogens is 502 g/mol. The fourth-order valence-electron chi connectivity index (χ4n) is 2.82. The molecule has 2 aliphatic carbocycles. The summed E-state index contributed by atoms with van der Waals surface area (Å²) in [6, 6.07) is 11.2. The van der Waals surface area contributed by atoms with Crippen LogP contribution in [0.15, 0.2) is 48.6 Å². The normalized spacial score (nSPS) is 13.5. The third kappa shape index (κ3) is 7.68. The molecule has 0 fully saturated rings. The first-order valence-electron chi connectivity index (χ1n) is 8.08. The van der Waals surface area contributed by atoms with Crippen molar-refractivity contribution in [2.75, 3.05) is 0 Å². The van der Waals surface area contributed by atoms with Crippen LogP contribution in [-0.4, -0.2) is 3.26 Å². The van der Waals surface area contributed by atoms with Crippen molar-refractivity contribution >= 4 is 38.8 Å². The van der Waals surface area contributed by atoms with Crippen molar-refractivity contribution < 1.29 is 23.9 Å². The minimum absolute atomic E-state index is 0. The Balaban J connectivity index is 0.000000409. The van der Waals surface area contributed by atoms with E-state index in [1.54, 1.807) is 14.4 Å². The van der Waals surface area contributed by atoms with Crippen LogP contribution in [0.5, 0.6) is 0 Å². The van der Waals surface area contributed by atoms with Crippen LogP contribution in [0, 0.1) is 6.08 Å². The van der Waals surface area contributed by atoms with E-state index in [2.05, 4.69) is 56.3 Å². The van der Waals surface area contributed by atoms with Gasteiger partial charge >= 0.3 is 41.0 Å². The summed E-state index contributed by atoms with van der Waals surface area (Å²) in [5, 5.41) is 2.94. The third-order valence-corrected chi connectivity index (χ3v) is 3.71. The standard InChI is InChI=1S/C13H13.C5H5.C3H6.2ClH.Hf/c1-3-7-12-10(5-1)9-11-6-2-4-8-13(11)12;1-2-4-5-3-1;1-3-2;;;/h1,3,5,7,9H,2,4,6,8H2;1-3H,4H2;1-2H3;2*1H;/q2*-1;;;;+2. The van der Waals surface area contributed by atoms with E-state index in [0.29, 0.717) is 0 Å². The Morgan fingerprint density at radius 1 is 1.08 bits per heavy atom. The zero-order valence-electron chi connectivity index (χ0n) is 14.5. The predicted octanol–water partition coefficient (Wildman–Crippen LogP) is 6.33. The van der Waals surface area contributed by atoms with Gasteiger partial charge in [-0.2, -0.15) is 11.6 Å². The van der Waals surface area contributed by atoms with Crippen molar-refractivity contribution in [1.82, 2.24) is 0 Å². The number of allylic oxidation sites excluding steroid dienone is 4. The smallest absolute Gasteiger partial charge is 0.0456 e. The van der Waals surface area contributed by atoms with Gasteiger partial charge < -0.3 is 0 Å². The number of hydrogen-bond donors (Lipinski definition) is 0. The summed E-state index contributed by atoms with van der Waals surface area (Å²) < 4.78 is 1.56. The second-order valence-corrected chi connectivity index (χ2v) is 9.54. The largest absolute Gasteiger partial charge is 0.273 e. The van der Waals surface area contributed by atoms with Crippen LogP contribution < -0.4 is 0 Å². The summed E-state index contributed by atoms with van der Waals surface area (Å²) in [6.45, 7) is 4.29. The Labute approximate surface area is 173 Å². The average Bonchev–Trinajstić information content (AvgIpc) is 3.18. The van der Waals surface area contributed by atoms with Crippen molar-refractivity contribution in [3.63, 3.8) is 0 Å². The quantitative estimate of drug-likeness (QED) is 0.277. The third-order valence-electron chi connectivity index (χ3n) is 3.71. The molecule has 0 saturated heterocycles. The average molecular weight is 528 g/mol. The Kier molecular flexibility index (Phi) is 12.7. The van der Waals surface area contributed by atoms with Crippen LogP contribution in [0.1, 0.15) is 44.2 Å². The summed E-state index contributed by atoms with van der Waals surface area (Å²) in [7, 11) is 0. The first-order valence-corrected chi connectivity index (χ1v) is 9.88. The summed E-state index contributed by atoms with van der Waals surface area (Å²) in [5.41, 5.74) is 3.23. The van der Waals surface area contributed by atoms with Gasteiger partial charge in [0, 0.05) is 0 Å². The molecule has 3 heteroatoms. The van der Waals surface area contributed by atoms with Crippen LogP contribution in [-0.2, 0) is 36.7 Å². The molecule has 0 aromatic heterocycles. The molecule has 0 aliphatic heterocycles. The van der Waals surface area contributed by atoms with E-state index in [1.165, 1.54) is 60.3 Å². The van der Waals surface area contributed by atoms with Crippen LogP contribution in [0.4, 0.5) is 0 Å². The van der Waals surface area contributed by atoms with Gasteiger partial charge in [-0.1, -0.05) is 25.3 Å². The van der Waals surface area contributed by atoms with E-state index in [0.717, 1.165) is 6.42 Å². The molecule has 2 aromatic rings. The van der Waals surface area contributed by atoms with Gasteiger partial charge in [0.15, 0.2) is 0 Å². The van der Waals surface area contributed by atoms with Crippen LogP contribution in [0.3, 0.4) is 0 Å². The van der Waals surface area contributed by atoms with Crippen LogP contribution in [0.2, 0.25) is 0 Å². The van der Waals surface area contributed by atoms with E-state index in [-0.39, 0.29) is 24.8 Å². The van der Waals surface area contributed by atoms with Crippen molar-refractivity contribution in [3.8, 4) is 0 Å². The molecule has 0 radical (unpaired) electrons. The zero-order valence-corrected chi connectivity index (χ0v) is 19.7. The fourth-order valence-corrected chi connectivity index (χ4v) is 2.82. The van der Waals surface area contributed by atoms with E-state index in [1.807, 2.05) is 12.2 Å². The first kappa shape index (κ1) is 23.6. The van der Waals surface area contributed by atoms with Gasteiger partial charge in [-0.25, -0.2) is 12.2 Å². The molecule has 0 bridgehead atoms. The van der Waals surface area contributed by atoms with E-state index < -0.39 is 0 Å². The number of hydrogen-bond acceptors (Lipinski definition) is 0. The Hall–Kier alpha value is -0.370. The molecule has 0 N–H and O–H groups in total. The summed E-state index contributed by atoms with van der Waals surface area (Å²) >= 11 is 1.27. The summed E-state index contributed by atoms with van der Waals surface area (Å²) in [4.78, 5) is 0. The monoisotopic (exact) mass is 528 g/mol. The molecule has 0 heterocycles. The number of aryl methyl sites for hydroxylation is 2. The van der Waals surface area contributed by atoms with E-state index >= 15 is 0 Å². The molecule has 0 unspecified atom stereocenters. The molecule has 0 nitrogen and oxygen atoms in total. The Bertz CT molecular complexity index is 666. The Morgan fingerprint density at radius 3 is 2.33 bits per heavy atom. The maximum atomic E-state index is 2.99. The van der Waals surface area contributed by atoms with Crippen LogP contribution >= 0.6 is 24.8 Å². The number of halogens is 2. The summed E-state index contributed by atoms with van der Waals surface area (Å²) in [5.74, 6) is 0. The summed E-state index contributed by atoms with van der Waals surface area (Å²) in [6.07, 6.45) is 15.3. The topological polar surface area (TPSA) is 0 Å². The molecule has 0 saturated carbocycles. The maximum Gasteiger partial charge on any atom is -0.0456 e. The second-order valence-electron chi connectivity index (χ2n) is 5.95. The molecule has 2 aromatic carbocycles. The van der Waals surface area contributed by atoms with E-state index in [9.17, 15) is 0 Å². The van der Waals surface area contributed by atoms with Crippen molar-refractivity contribution in [1.29, 1.82) is 0 Å². The molecule has 4 rings (SSSR count). The van der Waals surface area contributed by atoms with Gasteiger partial charge in [0.05, 0.1) is 0 Å². The number of rotatable bonds is 0. The predicted molar refractivity (Wildman–Crippen MR) is 109 cm³/mol. The molecule has 0 atom stereocenters. The SMILES string of the molecule is C[C](C)=[Hf+2].Cl.Cl.[C-]1=CC=CC1.c1ccc2c3c([cH-]c2c1)CCCC3. The minimum Gasteiger partial charge on any atom is -0.273 e. The van der Waals surface area contributed by atoms with Gasteiger partial charge in [0.1, 0.15) is 0 Å². The fraction of sp³-hybridized carbons (Fsp3) is 0.333. The van der Waals surface area contributed by atoms with E-state index in [4.69, 9.17) is 0 Å². The Morgan fingerprint density at radius 2 is 1.75 bits per heavy atom. The van der Waals surface area contributed by atoms with Gasteiger partial charge in [0.2, 0.25) is 0 Å². The van der Waals surface area contributed by atoms with Gasteiger partial charge in [-0.3, -0.25) is 6.08 Å². The minimum atomic E-state index is 0. The molecule has 2 aliphatic rings. The van der Waals surface area contributed by atoms with Crippen LogP contribution in [0.25, 0.3) is 10.8 Å². The first-order chi connectivity index (χ1) is 10.7. The molecule has 0 spiro atoms. The molecule has 0 amide bonds. The molecule has 24 heavy (non-hydrogen) atoms. The maximum absolute atomic E-state index is 2.99.